The number of benzene rings is 2. The van der Waals surface area contributed by atoms with Gasteiger partial charge in [-0.25, -0.2) is 4.79 Å². The van der Waals surface area contributed by atoms with Gasteiger partial charge in [0.1, 0.15) is 18.4 Å². The number of anilines is 2. The summed E-state index contributed by atoms with van der Waals surface area (Å²) < 4.78 is 39.5. The molecular formula is C25H18F3N5O2. The number of amidine groups is 1. The number of aliphatic imine (C=N–C) groups is 1. The summed E-state index contributed by atoms with van der Waals surface area (Å²) in [5.41, 5.74) is 3.16. The van der Waals surface area contributed by atoms with Crippen molar-refractivity contribution in [3.63, 3.8) is 0 Å². The van der Waals surface area contributed by atoms with Gasteiger partial charge in [0, 0.05) is 23.5 Å². The number of rotatable bonds is 2. The van der Waals surface area contributed by atoms with Crippen molar-refractivity contribution in [3.8, 4) is 0 Å². The molecule has 0 fully saturated rings. The van der Waals surface area contributed by atoms with Crippen LogP contribution < -0.4 is 10.2 Å². The first-order valence-corrected chi connectivity index (χ1v) is 10.9. The molecule has 1 aromatic heterocycles. The zero-order chi connectivity index (χ0) is 24.5. The third-order valence-electron chi connectivity index (χ3n) is 6.45. The van der Waals surface area contributed by atoms with Crippen LogP contribution in [0.4, 0.5) is 29.3 Å². The summed E-state index contributed by atoms with van der Waals surface area (Å²) in [7, 11) is 0. The van der Waals surface area contributed by atoms with Gasteiger partial charge in [-0.2, -0.15) is 13.2 Å². The molecule has 0 saturated carbocycles. The zero-order valence-corrected chi connectivity index (χ0v) is 18.4. The van der Waals surface area contributed by atoms with Crippen molar-refractivity contribution in [2.75, 3.05) is 16.8 Å². The molecule has 2 aromatic carbocycles. The molecule has 3 aromatic rings. The van der Waals surface area contributed by atoms with Crippen molar-refractivity contribution in [1.82, 2.24) is 9.88 Å². The van der Waals surface area contributed by atoms with E-state index in [9.17, 15) is 22.8 Å². The number of halogens is 3. The van der Waals surface area contributed by atoms with E-state index in [2.05, 4.69) is 10.3 Å². The van der Waals surface area contributed by atoms with Crippen LogP contribution in [0.1, 0.15) is 39.9 Å². The van der Waals surface area contributed by atoms with Crippen molar-refractivity contribution in [2.24, 2.45) is 4.99 Å². The van der Waals surface area contributed by atoms with Crippen molar-refractivity contribution in [1.29, 1.82) is 0 Å². The van der Waals surface area contributed by atoms with Gasteiger partial charge in [-0.3, -0.25) is 24.6 Å². The number of hydrogen-bond donors (Lipinski definition) is 1. The van der Waals surface area contributed by atoms with E-state index in [-0.39, 0.29) is 12.5 Å². The number of pyridine rings is 1. The molecule has 3 aliphatic heterocycles. The van der Waals surface area contributed by atoms with Crippen LogP contribution in [0, 0.1) is 6.92 Å². The van der Waals surface area contributed by atoms with Gasteiger partial charge in [-0.05, 0) is 48.4 Å². The van der Waals surface area contributed by atoms with Crippen LogP contribution in [0.25, 0.3) is 0 Å². The Morgan fingerprint density at radius 2 is 1.86 bits per heavy atom. The summed E-state index contributed by atoms with van der Waals surface area (Å²) in [4.78, 5) is 38.1. The van der Waals surface area contributed by atoms with Gasteiger partial charge in [-0.15, -0.1) is 0 Å². The van der Waals surface area contributed by atoms with Crippen molar-refractivity contribution >= 4 is 29.1 Å². The first-order chi connectivity index (χ1) is 16.7. The fourth-order valence-corrected chi connectivity index (χ4v) is 5.03. The maximum atomic E-state index is 13.8. The number of amides is 3. The van der Waals surface area contributed by atoms with Crippen LogP contribution in [0.5, 0.6) is 0 Å². The predicted molar refractivity (Wildman–Crippen MR) is 122 cm³/mol. The third kappa shape index (κ3) is 3.28. The minimum Gasteiger partial charge on any atom is -0.323 e. The fraction of sp³-hybridized carbons (Fsp3) is 0.200. The third-order valence-corrected chi connectivity index (χ3v) is 6.45. The van der Waals surface area contributed by atoms with Gasteiger partial charge in [-0.1, -0.05) is 18.2 Å². The summed E-state index contributed by atoms with van der Waals surface area (Å²) in [6, 6.07) is 10.4. The summed E-state index contributed by atoms with van der Waals surface area (Å²) >= 11 is 0. The average Bonchev–Trinajstić information content (AvgIpc) is 3.23. The first kappa shape index (κ1) is 21.3. The quantitative estimate of drug-likeness (QED) is 0.574. The molecule has 3 aliphatic rings. The summed E-state index contributed by atoms with van der Waals surface area (Å²) in [5.74, 6) is 0.0527. The highest BCUT2D eigenvalue weighted by atomic mass is 19.4. The Kier molecular flexibility index (Phi) is 4.51. The Morgan fingerprint density at radius 3 is 2.54 bits per heavy atom. The molecule has 35 heavy (non-hydrogen) atoms. The molecule has 0 saturated heterocycles. The number of aryl methyl sites for hydroxylation is 1. The molecule has 1 N–H and O–H groups in total. The lowest BCUT2D eigenvalue weighted by Gasteiger charge is -2.43. The van der Waals surface area contributed by atoms with Crippen LogP contribution in [-0.4, -0.2) is 34.2 Å². The Hall–Kier alpha value is -4.21. The maximum absolute atomic E-state index is 13.8. The van der Waals surface area contributed by atoms with E-state index in [0.717, 1.165) is 23.3 Å². The van der Waals surface area contributed by atoms with Gasteiger partial charge in [0.2, 0.25) is 5.91 Å². The number of urea groups is 1. The fourth-order valence-electron chi connectivity index (χ4n) is 5.03. The number of hydrogen-bond acceptors (Lipinski definition) is 4. The molecule has 176 valence electrons. The number of nitrogens with one attached hydrogen (secondary N) is 1. The summed E-state index contributed by atoms with van der Waals surface area (Å²) in [6.45, 7) is 1.74. The van der Waals surface area contributed by atoms with Gasteiger partial charge in [0.25, 0.3) is 0 Å². The first-order valence-electron chi connectivity index (χ1n) is 10.9. The molecule has 2 unspecified atom stereocenters. The molecule has 0 aliphatic carbocycles. The van der Waals surface area contributed by atoms with E-state index >= 15 is 0 Å². The topological polar surface area (TPSA) is 77.9 Å². The van der Waals surface area contributed by atoms with E-state index < -0.39 is 29.9 Å². The molecule has 0 spiro atoms. The second-order valence-electron chi connectivity index (χ2n) is 8.74. The van der Waals surface area contributed by atoms with Crippen LogP contribution in [-0.2, 0) is 11.0 Å². The van der Waals surface area contributed by atoms with E-state index in [4.69, 9.17) is 4.99 Å². The highest BCUT2D eigenvalue weighted by Crippen LogP contribution is 2.52. The molecule has 6 rings (SSSR count). The molecule has 10 heteroatoms. The van der Waals surface area contributed by atoms with E-state index in [1.807, 2.05) is 13.0 Å². The molecule has 0 radical (unpaired) electrons. The zero-order valence-electron chi connectivity index (χ0n) is 18.4. The smallest absolute Gasteiger partial charge is 0.323 e. The Balaban J connectivity index is 1.56. The van der Waals surface area contributed by atoms with Gasteiger partial charge in [0.15, 0.2) is 0 Å². The lowest BCUT2D eigenvalue weighted by Crippen LogP contribution is -2.54. The normalized spacial score (nSPS) is 20.9. The lowest BCUT2D eigenvalue weighted by atomic mass is 9.88. The largest absolute Gasteiger partial charge is 0.416 e. The van der Waals surface area contributed by atoms with Crippen molar-refractivity contribution < 1.29 is 22.8 Å². The average molecular weight is 477 g/mol. The number of nitrogens with zero attached hydrogens (tertiary/aromatic N) is 4. The number of aromatic nitrogens is 1. The monoisotopic (exact) mass is 477 g/mol. The van der Waals surface area contributed by atoms with Crippen LogP contribution in [0.2, 0.25) is 0 Å². The van der Waals surface area contributed by atoms with Crippen LogP contribution in [0.15, 0.2) is 65.9 Å². The Morgan fingerprint density at radius 1 is 1.09 bits per heavy atom. The summed E-state index contributed by atoms with van der Waals surface area (Å²) in [5, 5.41) is 2.84. The minimum atomic E-state index is -4.46. The maximum Gasteiger partial charge on any atom is 0.416 e. The van der Waals surface area contributed by atoms with E-state index in [1.54, 1.807) is 30.6 Å². The van der Waals surface area contributed by atoms with Crippen LogP contribution >= 0.6 is 0 Å². The highest BCUT2D eigenvalue weighted by molar-refractivity contribution is 6.19. The van der Waals surface area contributed by atoms with E-state index in [1.165, 1.54) is 21.9 Å². The number of fused-ring (bicyclic) bond motifs is 2. The van der Waals surface area contributed by atoms with Crippen LogP contribution in [0.3, 0.4) is 0 Å². The second-order valence-corrected chi connectivity index (χ2v) is 8.74. The molecule has 0 bridgehead atoms. The standard InChI is InChI=1S/C25H18F3N5O2/c1-13-9-17-21-18(10-13)30-19(34)12-32(21)24(35)33-22(17)20(31-23(33)15-3-2-8-29-11-15)14-4-6-16(7-5-14)25(26,27)28/h2-11,20,22H,12H2,1H3,(H,30,34). The molecule has 2 atom stereocenters. The number of alkyl halides is 3. The highest BCUT2D eigenvalue weighted by Gasteiger charge is 2.51. The Labute approximate surface area is 197 Å². The summed E-state index contributed by atoms with van der Waals surface area (Å²) in [6.07, 6.45) is -1.28. The van der Waals surface area contributed by atoms with Crippen molar-refractivity contribution in [2.45, 2.75) is 25.2 Å². The SMILES string of the molecule is Cc1cc2c3c(c1)C1C(c4ccc(C(F)(F)F)cc4)N=C(c4cccnc4)N1C(=O)N3CC(=O)N2. The second kappa shape index (κ2) is 7.39. The van der Waals surface area contributed by atoms with Gasteiger partial charge < -0.3 is 5.32 Å². The Bertz CT molecular complexity index is 1400. The number of carbonyl (C=O) groups is 2. The predicted octanol–water partition coefficient (Wildman–Crippen LogP) is 4.85. The molecular weight excluding hydrogens is 459 g/mol. The number of carbonyl (C=O) groups excluding carboxylic acids is 2. The van der Waals surface area contributed by atoms with Crippen molar-refractivity contribution in [3.05, 3.63) is 88.7 Å². The van der Waals surface area contributed by atoms with Gasteiger partial charge >= 0.3 is 12.2 Å². The van der Waals surface area contributed by atoms with Gasteiger partial charge in [0.05, 0.1) is 23.0 Å². The van der Waals surface area contributed by atoms with E-state index in [0.29, 0.717) is 28.3 Å². The molecule has 3 amide bonds. The lowest BCUT2D eigenvalue weighted by molar-refractivity contribution is -0.137. The minimum absolute atomic E-state index is 0.142. The molecule has 7 nitrogen and oxygen atoms in total. The molecule has 4 heterocycles.